The van der Waals surface area contributed by atoms with Crippen LogP contribution in [0.2, 0.25) is 5.02 Å². The highest BCUT2D eigenvalue weighted by molar-refractivity contribution is 6.30. The van der Waals surface area contributed by atoms with Crippen molar-refractivity contribution in [2.75, 3.05) is 6.54 Å². The summed E-state index contributed by atoms with van der Waals surface area (Å²) in [5.41, 5.74) is 6.25. The van der Waals surface area contributed by atoms with Gasteiger partial charge in [-0.3, -0.25) is 9.59 Å². The molecule has 0 bridgehead atoms. The largest absolute Gasteiger partial charge is 0.369 e. The summed E-state index contributed by atoms with van der Waals surface area (Å²) in [7, 11) is 0. The van der Waals surface area contributed by atoms with E-state index >= 15 is 0 Å². The Balaban J connectivity index is 2.04. The van der Waals surface area contributed by atoms with Crippen molar-refractivity contribution < 1.29 is 9.59 Å². The second kappa shape index (κ2) is 6.76. The van der Waals surface area contributed by atoms with Gasteiger partial charge in [-0.1, -0.05) is 23.7 Å². The van der Waals surface area contributed by atoms with Gasteiger partial charge in [0.1, 0.15) is 0 Å². The Hall–Kier alpha value is -1.81. The first-order chi connectivity index (χ1) is 9.97. The number of hydrogen-bond acceptors (Lipinski definition) is 2. The van der Waals surface area contributed by atoms with E-state index in [9.17, 15) is 9.59 Å². The fraction of sp³-hybridized carbons (Fsp3) is 0.375. The van der Waals surface area contributed by atoms with E-state index in [1.807, 2.05) is 19.1 Å². The van der Waals surface area contributed by atoms with E-state index in [0.717, 1.165) is 18.4 Å². The Bertz CT molecular complexity index is 554. The SMILES string of the molecule is CC1CCC(C(N)=O)CN1C(=O)/C=C/c1ccc(Cl)cc1. The predicted octanol–water partition coefficient (Wildman–Crippen LogP) is 2.47. The van der Waals surface area contributed by atoms with Crippen LogP contribution in [0.1, 0.15) is 25.3 Å². The molecule has 2 amide bonds. The van der Waals surface area contributed by atoms with Crippen molar-refractivity contribution in [1.29, 1.82) is 0 Å². The van der Waals surface area contributed by atoms with Crippen LogP contribution in [0, 0.1) is 5.92 Å². The number of carbonyl (C=O) groups is 2. The predicted molar refractivity (Wildman–Crippen MR) is 83.6 cm³/mol. The van der Waals surface area contributed by atoms with Crippen LogP contribution in [0.25, 0.3) is 6.08 Å². The molecule has 2 N–H and O–H groups in total. The number of nitrogens with two attached hydrogens (primary N) is 1. The molecule has 1 aliphatic rings. The van der Waals surface area contributed by atoms with Crippen molar-refractivity contribution in [3.8, 4) is 0 Å². The lowest BCUT2D eigenvalue weighted by atomic mass is 9.93. The van der Waals surface area contributed by atoms with Gasteiger partial charge in [0.15, 0.2) is 0 Å². The number of rotatable bonds is 3. The Labute approximate surface area is 129 Å². The molecule has 1 aromatic carbocycles. The average molecular weight is 307 g/mol. The number of hydrogen-bond donors (Lipinski definition) is 1. The molecule has 0 aliphatic carbocycles. The lowest BCUT2D eigenvalue weighted by Crippen LogP contribution is -2.48. The number of carbonyl (C=O) groups excluding carboxylic acids is 2. The molecule has 112 valence electrons. The molecule has 0 radical (unpaired) electrons. The summed E-state index contributed by atoms with van der Waals surface area (Å²) in [5.74, 6) is -0.668. The highest BCUT2D eigenvalue weighted by Crippen LogP contribution is 2.22. The van der Waals surface area contributed by atoms with Crippen LogP contribution in [0.15, 0.2) is 30.3 Å². The van der Waals surface area contributed by atoms with Crippen molar-refractivity contribution in [3.05, 3.63) is 40.9 Å². The summed E-state index contributed by atoms with van der Waals surface area (Å²) in [6.45, 7) is 2.39. The number of amides is 2. The van der Waals surface area contributed by atoms with Gasteiger partial charge in [-0.15, -0.1) is 0 Å². The maximum absolute atomic E-state index is 12.3. The van der Waals surface area contributed by atoms with Crippen molar-refractivity contribution in [2.24, 2.45) is 11.7 Å². The van der Waals surface area contributed by atoms with Gasteiger partial charge >= 0.3 is 0 Å². The van der Waals surface area contributed by atoms with Gasteiger partial charge in [-0.2, -0.15) is 0 Å². The topological polar surface area (TPSA) is 63.4 Å². The monoisotopic (exact) mass is 306 g/mol. The summed E-state index contributed by atoms with van der Waals surface area (Å²) in [6, 6.07) is 7.37. The maximum atomic E-state index is 12.3. The second-order valence-corrected chi connectivity index (χ2v) is 5.84. The molecule has 4 nitrogen and oxygen atoms in total. The minimum absolute atomic E-state index is 0.0941. The van der Waals surface area contributed by atoms with Crippen LogP contribution < -0.4 is 5.73 Å². The Morgan fingerprint density at radius 1 is 1.29 bits per heavy atom. The van der Waals surface area contributed by atoms with Crippen molar-refractivity contribution >= 4 is 29.5 Å². The number of nitrogens with zero attached hydrogens (tertiary/aromatic N) is 1. The molecule has 1 saturated heterocycles. The van der Waals surface area contributed by atoms with E-state index in [0.29, 0.717) is 11.6 Å². The third-order valence-electron chi connectivity index (χ3n) is 3.86. The molecule has 2 unspecified atom stereocenters. The van der Waals surface area contributed by atoms with Gasteiger partial charge in [0.05, 0.1) is 5.92 Å². The van der Waals surface area contributed by atoms with Crippen LogP contribution in [0.4, 0.5) is 0 Å². The highest BCUT2D eigenvalue weighted by Gasteiger charge is 2.30. The van der Waals surface area contributed by atoms with E-state index in [4.69, 9.17) is 17.3 Å². The van der Waals surface area contributed by atoms with E-state index < -0.39 is 0 Å². The zero-order valence-electron chi connectivity index (χ0n) is 12.0. The summed E-state index contributed by atoms with van der Waals surface area (Å²) in [6.07, 6.45) is 4.83. The van der Waals surface area contributed by atoms with E-state index in [1.165, 1.54) is 6.08 Å². The number of piperidine rings is 1. The summed E-state index contributed by atoms with van der Waals surface area (Å²) < 4.78 is 0. The molecule has 21 heavy (non-hydrogen) atoms. The minimum atomic E-state index is -0.332. The summed E-state index contributed by atoms with van der Waals surface area (Å²) in [5, 5.41) is 0.660. The van der Waals surface area contributed by atoms with Crippen molar-refractivity contribution in [2.45, 2.75) is 25.8 Å². The van der Waals surface area contributed by atoms with Gasteiger partial charge < -0.3 is 10.6 Å². The molecule has 1 fully saturated rings. The molecule has 0 spiro atoms. The number of likely N-dealkylation sites (tertiary alicyclic amines) is 1. The molecular formula is C16H19ClN2O2. The lowest BCUT2D eigenvalue weighted by molar-refractivity contribution is -0.133. The molecule has 1 aromatic rings. The summed E-state index contributed by atoms with van der Waals surface area (Å²) in [4.78, 5) is 25.3. The number of halogens is 1. The average Bonchev–Trinajstić information content (AvgIpc) is 2.46. The molecule has 1 aliphatic heterocycles. The third-order valence-corrected chi connectivity index (χ3v) is 4.11. The first-order valence-electron chi connectivity index (χ1n) is 7.01. The van der Waals surface area contributed by atoms with Gasteiger partial charge in [-0.05, 0) is 43.5 Å². The molecule has 0 aromatic heterocycles. The van der Waals surface area contributed by atoms with Crippen molar-refractivity contribution in [3.63, 3.8) is 0 Å². The zero-order chi connectivity index (χ0) is 15.4. The van der Waals surface area contributed by atoms with E-state index in [-0.39, 0.29) is 23.8 Å². The van der Waals surface area contributed by atoms with Crippen LogP contribution in [0.5, 0.6) is 0 Å². The van der Waals surface area contributed by atoms with Gasteiger partial charge in [0.25, 0.3) is 0 Å². The number of primary amides is 1. The van der Waals surface area contributed by atoms with Crippen molar-refractivity contribution in [1.82, 2.24) is 4.90 Å². The first-order valence-corrected chi connectivity index (χ1v) is 7.38. The number of benzene rings is 1. The highest BCUT2D eigenvalue weighted by atomic mass is 35.5. The summed E-state index contributed by atoms with van der Waals surface area (Å²) >= 11 is 5.82. The smallest absolute Gasteiger partial charge is 0.246 e. The third kappa shape index (κ3) is 4.08. The minimum Gasteiger partial charge on any atom is -0.369 e. The fourth-order valence-corrected chi connectivity index (χ4v) is 2.61. The van der Waals surface area contributed by atoms with Crippen LogP contribution in [-0.4, -0.2) is 29.3 Å². The zero-order valence-corrected chi connectivity index (χ0v) is 12.7. The van der Waals surface area contributed by atoms with E-state index in [2.05, 4.69) is 0 Å². The normalized spacial score (nSPS) is 22.5. The van der Waals surface area contributed by atoms with Gasteiger partial charge in [0, 0.05) is 23.7 Å². The Morgan fingerprint density at radius 3 is 2.57 bits per heavy atom. The Morgan fingerprint density at radius 2 is 1.95 bits per heavy atom. The lowest BCUT2D eigenvalue weighted by Gasteiger charge is -2.36. The second-order valence-electron chi connectivity index (χ2n) is 5.40. The van der Waals surface area contributed by atoms with Gasteiger partial charge in [-0.25, -0.2) is 0 Å². The Kier molecular flexibility index (Phi) is 5.02. The standard InChI is InChI=1S/C16H19ClN2O2/c1-11-2-6-13(16(18)21)10-19(11)15(20)9-5-12-3-7-14(17)8-4-12/h3-5,7-9,11,13H,2,6,10H2,1H3,(H2,18,21)/b9-5+. The van der Waals surface area contributed by atoms with Gasteiger partial charge in [0.2, 0.25) is 11.8 Å². The van der Waals surface area contributed by atoms with E-state index in [1.54, 1.807) is 23.1 Å². The quantitative estimate of drug-likeness (QED) is 0.872. The molecule has 1 heterocycles. The molecule has 5 heteroatoms. The van der Waals surface area contributed by atoms with Crippen LogP contribution in [-0.2, 0) is 9.59 Å². The van der Waals surface area contributed by atoms with Crippen LogP contribution in [0.3, 0.4) is 0 Å². The maximum Gasteiger partial charge on any atom is 0.246 e. The fourth-order valence-electron chi connectivity index (χ4n) is 2.48. The molecular weight excluding hydrogens is 288 g/mol. The molecule has 0 saturated carbocycles. The van der Waals surface area contributed by atoms with Crippen LogP contribution >= 0.6 is 11.6 Å². The molecule has 2 atom stereocenters. The first kappa shape index (κ1) is 15.6. The molecule has 2 rings (SSSR count).